The maximum absolute atomic E-state index is 13.1. The van der Waals surface area contributed by atoms with E-state index in [1.54, 1.807) is 0 Å². The zero-order valence-electron chi connectivity index (χ0n) is 15.6. The summed E-state index contributed by atoms with van der Waals surface area (Å²) >= 11 is 3.47. The molecular weight excluding hydrogens is 428 g/mol. The average molecular weight is 448 g/mol. The first-order chi connectivity index (χ1) is 13.3. The SMILES string of the molecule is Cc1ccc(COc2ccc(-c3nc(C4CC(F)(F)C4)[nH]c3Br)cc2C)cn1. The van der Waals surface area contributed by atoms with E-state index in [0.717, 1.165) is 33.8 Å². The van der Waals surface area contributed by atoms with Crippen LogP contribution in [0, 0.1) is 13.8 Å². The van der Waals surface area contributed by atoms with E-state index >= 15 is 0 Å². The predicted octanol–water partition coefficient (Wildman–Crippen LogP) is 5.94. The molecule has 3 aromatic rings. The first kappa shape index (κ1) is 19.1. The number of nitrogens with zero attached hydrogens (tertiary/aromatic N) is 2. The van der Waals surface area contributed by atoms with Crippen LogP contribution in [-0.2, 0) is 6.61 Å². The Balaban J connectivity index is 1.48. The van der Waals surface area contributed by atoms with E-state index in [4.69, 9.17) is 4.74 Å². The van der Waals surface area contributed by atoms with Crippen molar-refractivity contribution in [1.82, 2.24) is 15.0 Å². The van der Waals surface area contributed by atoms with Gasteiger partial charge in [0, 0.05) is 41.8 Å². The minimum Gasteiger partial charge on any atom is -0.489 e. The lowest BCUT2D eigenvalue weighted by Crippen LogP contribution is -2.34. The van der Waals surface area contributed by atoms with Crippen LogP contribution in [0.1, 0.15) is 41.4 Å². The highest BCUT2D eigenvalue weighted by Crippen LogP contribution is 2.48. The molecule has 1 N–H and O–H groups in total. The van der Waals surface area contributed by atoms with E-state index in [0.29, 0.717) is 17.0 Å². The molecule has 28 heavy (non-hydrogen) atoms. The summed E-state index contributed by atoms with van der Waals surface area (Å²) in [6, 6.07) is 9.78. The van der Waals surface area contributed by atoms with Crippen molar-refractivity contribution in [3.05, 3.63) is 63.8 Å². The standard InChI is InChI=1S/C21H20BrF2N3O/c1-12-7-15(5-6-17(12)28-11-14-4-3-13(2)25-10-14)18-19(22)27-20(26-18)16-8-21(23,24)9-16/h3-7,10,16H,8-9,11H2,1-2H3,(H,26,27). The molecule has 0 bridgehead atoms. The molecule has 0 radical (unpaired) electrons. The van der Waals surface area contributed by atoms with Crippen molar-refractivity contribution in [2.75, 3.05) is 0 Å². The smallest absolute Gasteiger partial charge is 0.249 e. The summed E-state index contributed by atoms with van der Waals surface area (Å²) in [6.45, 7) is 4.36. The number of hydrogen-bond donors (Lipinski definition) is 1. The van der Waals surface area contributed by atoms with Crippen molar-refractivity contribution in [3.8, 4) is 17.0 Å². The summed E-state index contributed by atoms with van der Waals surface area (Å²) < 4.78 is 32.9. The van der Waals surface area contributed by atoms with Crippen molar-refractivity contribution in [1.29, 1.82) is 0 Å². The number of benzene rings is 1. The van der Waals surface area contributed by atoms with Gasteiger partial charge in [-0.2, -0.15) is 0 Å². The van der Waals surface area contributed by atoms with Crippen LogP contribution >= 0.6 is 15.9 Å². The van der Waals surface area contributed by atoms with Crippen LogP contribution in [0.15, 0.2) is 41.1 Å². The van der Waals surface area contributed by atoms with Gasteiger partial charge in [-0.1, -0.05) is 6.07 Å². The Labute approximate surface area is 170 Å². The number of ether oxygens (including phenoxy) is 1. The molecule has 4 rings (SSSR count). The largest absolute Gasteiger partial charge is 0.489 e. The van der Waals surface area contributed by atoms with Gasteiger partial charge in [0.2, 0.25) is 5.92 Å². The van der Waals surface area contributed by atoms with Crippen LogP contribution in [0.25, 0.3) is 11.3 Å². The fourth-order valence-electron chi connectivity index (χ4n) is 3.31. The fourth-order valence-corrected chi connectivity index (χ4v) is 3.83. The van der Waals surface area contributed by atoms with Crippen LogP contribution in [0.3, 0.4) is 0 Å². The van der Waals surface area contributed by atoms with Gasteiger partial charge >= 0.3 is 0 Å². The molecule has 7 heteroatoms. The van der Waals surface area contributed by atoms with E-state index in [9.17, 15) is 8.78 Å². The number of aryl methyl sites for hydroxylation is 2. The first-order valence-electron chi connectivity index (χ1n) is 9.09. The van der Waals surface area contributed by atoms with Crippen molar-refractivity contribution in [2.24, 2.45) is 0 Å². The Kier molecular flexibility index (Phi) is 4.95. The summed E-state index contributed by atoms with van der Waals surface area (Å²) in [4.78, 5) is 11.9. The molecule has 2 heterocycles. The van der Waals surface area contributed by atoms with Gasteiger partial charge in [-0.15, -0.1) is 0 Å². The van der Waals surface area contributed by atoms with E-state index in [1.807, 2.05) is 50.4 Å². The van der Waals surface area contributed by atoms with E-state index < -0.39 is 5.92 Å². The Morgan fingerprint density at radius 1 is 1.21 bits per heavy atom. The molecule has 1 aliphatic carbocycles. The highest BCUT2D eigenvalue weighted by molar-refractivity contribution is 9.10. The number of halogens is 3. The third-order valence-electron chi connectivity index (χ3n) is 4.97. The lowest BCUT2D eigenvalue weighted by molar-refractivity contribution is -0.0883. The number of imidazole rings is 1. The maximum atomic E-state index is 13.1. The zero-order chi connectivity index (χ0) is 19.9. The third kappa shape index (κ3) is 3.94. The minimum atomic E-state index is -2.56. The van der Waals surface area contributed by atoms with Gasteiger partial charge < -0.3 is 9.72 Å². The van der Waals surface area contributed by atoms with Crippen molar-refractivity contribution in [3.63, 3.8) is 0 Å². The quantitative estimate of drug-likeness (QED) is 0.526. The summed E-state index contributed by atoms with van der Waals surface area (Å²) in [6.07, 6.45) is 1.52. The summed E-state index contributed by atoms with van der Waals surface area (Å²) in [5.41, 5.74) is 4.58. The van der Waals surface area contributed by atoms with Crippen molar-refractivity contribution in [2.45, 2.75) is 45.1 Å². The number of pyridine rings is 1. The third-order valence-corrected chi connectivity index (χ3v) is 5.54. The zero-order valence-corrected chi connectivity index (χ0v) is 17.2. The second-order valence-corrected chi connectivity index (χ2v) is 8.12. The molecule has 1 fully saturated rings. The fraction of sp³-hybridized carbons (Fsp3) is 0.333. The topological polar surface area (TPSA) is 50.8 Å². The van der Waals surface area contributed by atoms with Gasteiger partial charge in [-0.3, -0.25) is 4.98 Å². The number of aromatic amines is 1. The molecule has 1 aromatic carbocycles. The summed E-state index contributed by atoms with van der Waals surface area (Å²) in [5.74, 6) is -1.38. The molecular formula is C21H20BrF2N3O. The van der Waals surface area contributed by atoms with Gasteiger partial charge in [-0.25, -0.2) is 13.8 Å². The molecule has 0 saturated heterocycles. The number of hydrogen-bond acceptors (Lipinski definition) is 3. The Hall–Kier alpha value is -2.28. The van der Waals surface area contributed by atoms with Crippen LogP contribution < -0.4 is 4.74 Å². The van der Waals surface area contributed by atoms with E-state index in [2.05, 4.69) is 30.9 Å². The first-order valence-corrected chi connectivity index (χ1v) is 9.88. The minimum absolute atomic E-state index is 0.147. The number of aromatic nitrogens is 3. The average Bonchev–Trinajstić information content (AvgIpc) is 3.01. The molecule has 146 valence electrons. The number of H-pyrrole nitrogens is 1. The van der Waals surface area contributed by atoms with Gasteiger partial charge in [0.25, 0.3) is 0 Å². The van der Waals surface area contributed by atoms with E-state index in [-0.39, 0.29) is 18.8 Å². The Morgan fingerprint density at radius 2 is 2.00 bits per heavy atom. The van der Waals surface area contributed by atoms with Gasteiger partial charge in [-0.05, 0) is 59.6 Å². The molecule has 1 aliphatic rings. The summed E-state index contributed by atoms with van der Waals surface area (Å²) in [7, 11) is 0. The van der Waals surface area contributed by atoms with Crippen LogP contribution in [0.2, 0.25) is 0 Å². The second-order valence-electron chi connectivity index (χ2n) is 7.32. The number of nitrogens with one attached hydrogen (secondary N) is 1. The maximum Gasteiger partial charge on any atom is 0.249 e. The lowest BCUT2D eigenvalue weighted by Gasteiger charge is -2.33. The second kappa shape index (κ2) is 7.28. The highest BCUT2D eigenvalue weighted by Gasteiger charge is 2.47. The molecule has 1 saturated carbocycles. The highest BCUT2D eigenvalue weighted by atomic mass is 79.9. The monoisotopic (exact) mass is 447 g/mol. The van der Waals surface area contributed by atoms with Crippen LogP contribution in [0.5, 0.6) is 5.75 Å². The summed E-state index contributed by atoms with van der Waals surface area (Å²) in [5, 5.41) is 0. The molecule has 0 aliphatic heterocycles. The van der Waals surface area contributed by atoms with Crippen molar-refractivity contribution < 1.29 is 13.5 Å². The number of alkyl halides is 2. The molecule has 4 nitrogen and oxygen atoms in total. The Morgan fingerprint density at radius 3 is 2.64 bits per heavy atom. The van der Waals surface area contributed by atoms with E-state index in [1.165, 1.54) is 0 Å². The molecule has 0 atom stereocenters. The van der Waals surface area contributed by atoms with Crippen molar-refractivity contribution >= 4 is 15.9 Å². The van der Waals surface area contributed by atoms with Crippen LogP contribution in [-0.4, -0.2) is 20.9 Å². The number of rotatable bonds is 5. The molecule has 2 aromatic heterocycles. The Bertz CT molecular complexity index is 993. The normalized spacial score (nSPS) is 16.0. The van der Waals surface area contributed by atoms with Gasteiger partial charge in [0.1, 0.15) is 28.5 Å². The molecule has 0 unspecified atom stereocenters. The lowest BCUT2D eigenvalue weighted by atomic mass is 9.81. The van der Waals surface area contributed by atoms with Crippen LogP contribution in [0.4, 0.5) is 8.78 Å². The van der Waals surface area contributed by atoms with Gasteiger partial charge in [0.05, 0.1) is 0 Å². The van der Waals surface area contributed by atoms with Gasteiger partial charge in [0.15, 0.2) is 0 Å². The molecule has 0 spiro atoms. The predicted molar refractivity (Wildman–Crippen MR) is 107 cm³/mol. The molecule has 0 amide bonds.